The monoisotopic (exact) mass is 400 g/mol. The molecule has 2 aromatic heterocycles. The molecule has 0 saturated carbocycles. The molecule has 0 amide bonds. The summed E-state index contributed by atoms with van der Waals surface area (Å²) in [5, 5.41) is 6.52. The van der Waals surface area contributed by atoms with Gasteiger partial charge in [-0.3, -0.25) is 0 Å². The van der Waals surface area contributed by atoms with Crippen LogP contribution < -0.4 is 10.9 Å². The molecule has 0 aliphatic heterocycles. The summed E-state index contributed by atoms with van der Waals surface area (Å²) in [4.78, 5) is 7.08. The lowest BCUT2D eigenvalue weighted by Crippen LogP contribution is -2.14. The number of aromatic amines is 1. The van der Waals surface area contributed by atoms with Crippen LogP contribution in [0.5, 0.6) is 0 Å². The fraction of sp³-hybridized carbons (Fsp3) is 0. The minimum absolute atomic E-state index is 0.101. The van der Waals surface area contributed by atoms with Crippen LogP contribution in [0.2, 0.25) is 5.02 Å². The summed E-state index contributed by atoms with van der Waals surface area (Å²) >= 11 is 9.58. The number of nitrogens with one attached hydrogen (secondary N) is 1. The number of fused-ring (bicyclic) bond motifs is 1. The lowest BCUT2D eigenvalue weighted by atomic mass is 10.1. The second-order valence-corrected chi connectivity index (χ2v) is 7.40. The number of pyridine rings is 1. The van der Waals surface area contributed by atoms with Gasteiger partial charge in [-0.25, -0.2) is 18.5 Å². The number of primary sulfonamides is 1. The zero-order chi connectivity index (χ0) is 16.1. The lowest BCUT2D eigenvalue weighted by molar-refractivity contribution is 0.598. The van der Waals surface area contributed by atoms with E-state index in [1.54, 1.807) is 18.3 Å². The van der Waals surface area contributed by atoms with Crippen molar-refractivity contribution in [3.8, 4) is 11.3 Å². The number of anilines is 1. The van der Waals surface area contributed by atoms with Crippen LogP contribution in [0.4, 0.5) is 5.82 Å². The van der Waals surface area contributed by atoms with Gasteiger partial charge in [-0.05, 0) is 40.2 Å². The molecule has 22 heavy (non-hydrogen) atoms. The number of rotatable bonds is 2. The minimum atomic E-state index is -3.95. The molecule has 0 atom stereocenters. The van der Waals surface area contributed by atoms with E-state index in [0.29, 0.717) is 16.1 Å². The standard InChI is InChI=1S/C13H10BrClN4O2S/c14-7-5-18-13-6(1-2-8(15)11(7)13)12-9(22(17,20)21)3-4-10(16)19-12/h1-5,18H,(H2,16,19)(H2,17,20,21). The van der Waals surface area contributed by atoms with Gasteiger partial charge < -0.3 is 10.7 Å². The third-order valence-electron chi connectivity index (χ3n) is 3.18. The molecule has 2 heterocycles. The van der Waals surface area contributed by atoms with Gasteiger partial charge in [-0.2, -0.15) is 0 Å². The van der Waals surface area contributed by atoms with Gasteiger partial charge in [0.25, 0.3) is 0 Å². The van der Waals surface area contributed by atoms with E-state index in [0.717, 1.165) is 9.86 Å². The average Bonchev–Trinajstić information content (AvgIpc) is 2.81. The Kier molecular flexibility index (Phi) is 3.64. The van der Waals surface area contributed by atoms with Gasteiger partial charge in [0.2, 0.25) is 10.0 Å². The van der Waals surface area contributed by atoms with Crippen molar-refractivity contribution in [2.75, 3.05) is 5.73 Å². The summed E-state index contributed by atoms with van der Waals surface area (Å²) in [7, 11) is -3.95. The summed E-state index contributed by atoms with van der Waals surface area (Å²) in [5.74, 6) is 0.191. The van der Waals surface area contributed by atoms with Gasteiger partial charge in [0.15, 0.2) is 0 Å². The van der Waals surface area contributed by atoms with Crippen LogP contribution in [-0.2, 0) is 10.0 Å². The van der Waals surface area contributed by atoms with Crippen molar-refractivity contribution in [3.05, 3.63) is 40.0 Å². The molecule has 0 fully saturated rings. The first kappa shape index (κ1) is 15.3. The van der Waals surface area contributed by atoms with Crippen LogP contribution in [0.3, 0.4) is 0 Å². The highest BCUT2D eigenvalue weighted by Gasteiger charge is 2.20. The van der Waals surface area contributed by atoms with Gasteiger partial charge in [0.1, 0.15) is 10.7 Å². The number of H-pyrrole nitrogens is 1. The number of halogens is 2. The fourth-order valence-corrected chi connectivity index (χ4v) is 3.83. The highest BCUT2D eigenvalue weighted by atomic mass is 79.9. The Morgan fingerprint density at radius 2 is 1.95 bits per heavy atom. The Labute approximate surface area is 139 Å². The molecular formula is C13H10BrClN4O2S. The first-order valence-electron chi connectivity index (χ1n) is 6.04. The van der Waals surface area contributed by atoms with E-state index < -0.39 is 10.0 Å². The van der Waals surface area contributed by atoms with Crippen molar-refractivity contribution in [1.82, 2.24) is 9.97 Å². The topological polar surface area (TPSA) is 115 Å². The smallest absolute Gasteiger partial charge is 0.240 e. The summed E-state index contributed by atoms with van der Waals surface area (Å²) in [6, 6.07) is 6.06. The predicted molar refractivity (Wildman–Crippen MR) is 90.0 cm³/mol. The van der Waals surface area contributed by atoms with Crippen LogP contribution >= 0.6 is 27.5 Å². The molecule has 0 spiro atoms. The number of nitrogens with two attached hydrogens (primary N) is 2. The maximum absolute atomic E-state index is 11.8. The predicted octanol–water partition coefficient (Wildman–Crippen LogP) is 2.88. The number of nitrogen functional groups attached to an aromatic ring is 1. The molecule has 3 aromatic rings. The van der Waals surface area contributed by atoms with Gasteiger partial charge in [-0.15, -0.1) is 0 Å². The molecule has 0 bridgehead atoms. The summed E-state index contributed by atoms with van der Waals surface area (Å²) < 4.78 is 24.4. The van der Waals surface area contributed by atoms with Gasteiger partial charge >= 0.3 is 0 Å². The van der Waals surface area contributed by atoms with Crippen LogP contribution in [0, 0.1) is 0 Å². The number of aromatic nitrogens is 2. The number of sulfonamides is 1. The molecule has 3 rings (SSSR count). The molecule has 5 N–H and O–H groups in total. The van der Waals surface area contributed by atoms with Crippen LogP contribution in [-0.4, -0.2) is 18.4 Å². The van der Waals surface area contributed by atoms with E-state index in [2.05, 4.69) is 25.9 Å². The van der Waals surface area contributed by atoms with E-state index in [-0.39, 0.29) is 16.4 Å². The largest absolute Gasteiger partial charge is 0.384 e. The van der Waals surface area contributed by atoms with Crippen LogP contribution in [0.25, 0.3) is 22.2 Å². The highest BCUT2D eigenvalue weighted by Crippen LogP contribution is 2.38. The Morgan fingerprint density at radius 3 is 2.64 bits per heavy atom. The van der Waals surface area contributed by atoms with E-state index in [1.807, 2.05) is 0 Å². The first-order valence-corrected chi connectivity index (χ1v) is 8.75. The quantitative estimate of drug-likeness (QED) is 0.612. The maximum Gasteiger partial charge on any atom is 0.240 e. The summed E-state index contributed by atoms with van der Waals surface area (Å²) in [6.07, 6.45) is 1.71. The van der Waals surface area contributed by atoms with Crippen LogP contribution in [0.15, 0.2) is 39.8 Å². The zero-order valence-corrected chi connectivity index (χ0v) is 14.1. The Bertz CT molecular complexity index is 1000. The number of hydrogen-bond acceptors (Lipinski definition) is 4. The molecule has 0 saturated heterocycles. The molecule has 6 nitrogen and oxygen atoms in total. The Hall–Kier alpha value is -1.61. The van der Waals surface area contributed by atoms with Gasteiger partial charge in [-0.1, -0.05) is 11.6 Å². The van der Waals surface area contributed by atoms with E-state index in [9.17, 15) is 8.42 Å². The molecule has 114 valence electrons. The average molecular weight is 402 g/mol. The van der Waals surface area contributed by atoms with Crippen molar-refractivity contribution in [3.63, 3.8) is 0 Å². The normalized spacial score (nSPS) is 12.0. The van der Waals surface area contributed by atoms with Gasteiger partial charge in [0.05, 0.1) is 16.2 Å². The highest BCUT2D eigenvalue weighted by molar-refractivity contribution is 9.10. The maximum atomic E-state index is 11.8. The third kappa shape index (κ3) is 2.48. The van der Waals surface area contributed by atoms with Crippen LogP contribution in [0.1, 0.15) is 0 Å². The minimum Gasteiger partial charge on any atom is -0.384 e. The SMILES string of the molecule is Nc1ccc(S(N)(=O)=O)c(-c2ccc(Cl)c3c(Br)c[nH]c23)n1. The molecule has 9 heteroatoms. The number of benzene rings is 1. The first-order chi connectivity index (χ1) is 10.3. The molecular weight excluding hydrogens is 392 g/mol. The van der Waals surface area contributed by atoms with E-state index in [1.165, 1.54) is 12.1 Å². The van der Waals surface area contributed by atoms with Crippen molar-refractivity contribution in [1.29, 1.82) is 0 Å². The second-order valence-electron chi connectivity index (χ2n) is 4.61. The van der Waals surface area contributed by atoms with Crippen molar-refractivity contribution >= 4 is 54.3 Å². The lowest BCUT2D eigenvalue weighted by Gasteiger charge is -2.10. The summed E-state index contributed by atoms with van der Waals surface area (Å²) in [6.45, 7) is 0. The van der Waals surface area contributed by atoms with E-state index >= 15 is 0 Å². The third-order valence-corrected chi connectivity index (χ3v) is 5.06. The van der Waals surface area contributed by atoms with Gasteiger partial charge in [0, 0.05) is 21.6 Å². The second kappa shape index (κ2) is 5.24. The Balaban J connectivity index is 2.43. The molecule has 0 aliphatic carbocycles. The number of hydrogen-bond donors (Lipinski definition) is 3. The molecule has 0 aliphatic rings. The fourth-order valence-electron chi connectivity index (χ4n) is 2.25. The van der Waals surface area contributed by atoms with Crippen molar-refractivity contribution < 1.29 is 8.42 Å². The van der Waals surface area contributed by atoms with Crippen molar-refractivity contribution in [2.24, 2.45) is 5.14 Å². The Morgan fingerprint density at radius 1 is 1.23 bits per heavy atom. The summed E-state index contributed by atoms with van der Waals surface area (Å²) in [5.41, 5.74) is 7.06. The zero-order valence-electron chi connectivity index (χ0n) is 11.0. The molecule has 1 aromatic carbocycles. The molecule has 0 radical (unpaired) electrons. The van der Waals surface area contributed by atoms with Crippen molar-refractivity contribution in [2.45, 2.75) is 4.90 Å². The number of nitrogens with zero attached hydrogens (tertiary/aromatic N) is 1. The molecule has 0 unspecified atom stereocenters. The van der Waals surface area contributed by atoms with E-state index in [4.69, 9.17) is 22.5 Å².